The largest absolute Gasteiger partial charge is 0.361 e. The first-order chi connectivity index (χ1) is 12.1. The number of nitrogens with zero attached hydrogens (tertiary/aromatic N) is 4. The monoisotopic (exact) mass is 344 g/mol. The Kier molecular flexibility index (Phi) is 4.33. The number of amides is 1. The van der Waals surface area contributed by atoms with Crippen LogP contribution in [0.25, 0.3) is 0 Å². The van der Waals surface area contributed by atoms with E-state index in [1.54, 1.807) is 0 Å². The van der Waals surface area contributed by atoms with Gasteiger partial charge in [0.2, 0.25) is 5.76 Å². The lowest BCUT2D eigenvalue weighted by molar-refractivity contribution is 0.0719. The summed E-state index contributed by atoms with van der Waals surface area (Å²) in [6.07, 6.45) is 3.25. The van der Waals surface area contributed by atoms with Crippen LogP contribution in [0.4, 0.5) is 0 Å². The molecule has 7 nitrogen and oxygen atoms in total. The third-order valence-corrected chi connectivity index (χ3v) is 5.17. The molecule has 7 heteroatoms. The molecule has 1 aliphatic carbocycles. The second-order valence-corrected chi connectivity index (χ2v) is 7.11. The van der Waals surface area contributed by atoms with E-state index in [0.717, 1.165) is 68.2 Å². The van der Waals surface area contributed by atoms with Gasteiger partial charge in [-0.3, -0.25) is 9.69 Å². The van der Waals surface area contributed by atoms with Crippen LogP contribution < -0.4 is 0 Å². The molecule has 2 aromatic heterocycles. The van der Waals surface area contributed by atoms with Gasteiger partial charge in [-0.05, 0) is 33.1 Å². The van der Waals surface area contributed by atoms with Crippen molar-refractivity contribution in [2.45, 2.75) is 45.6 Å². The maximum Gasteiger partial charge on any atom is 0.292 e. The lowest BCUT2D eigenvalue weighted by Gasteiger charge is -2.21. The molecule has 4 rings (SSSR count). The van der Waals surface area contributed by atoms with Crippen molar-refractivity contribution >= 4 is 5.91 Å². The Hall–Kier alpha value is -2.15. The molecular weight excluding hydrogens is 320 g/mol. The Morgan fingerprint density at radius 1 is 1.16 bits per heavy atom. The molecule has 1 saturated carbocycles. The van der Waals surface area contributed by atoms with Crippen LogP contribution in [0.1, 0.15) is 58.4 Å². The number of aryl methyl sites for hydroxylation is 2. The molecule has 25 heavy (non-hydrogen) atoms. The minimum absolute atomic E-state index is 0.0430. The SMILES string of the molecule is Cc1noc(C)c1CN1CCCN(C(=O)c2cc(C3CC3)no2)CC1. The summed E-state index contributed by atoms with van der Waals surface area (Å²) >= 11 is 0. The van der Waals surface area contributed by atoms with Gasteiger partial charge in [-0.15, -0.1) is 0 Å². The van der Waals surface area contributed by atoms with Gasteiger partial charge in [0.15, 0.2) is 0 Å². The van der Waals surface area contributed by atoms with Crippen molar-refractivity contribution in [2.75, 3.05) is 26.2 Å². The highest BCUT2D eigenvalue weighted by molar-refractivity contribution is 5.91. The van der Waals surface area contributed by atoms with Crippen molar-refractivity contribution in [3.05, 3.63) is 34.5 Å². The van der Waals surface area contributed by atoms with E-state index in [-0.39, 0.29) is 5.91 Å². The first kappa shape index (κ1) is 16.3. The van der Waals surface area contributed by atoms with Crippen LogP contribution in [0, 0.1) is 13.8 Å². The summed E-state index contributed by atoms with van der Waals surface area (Å²) in [5.74, 6) is 1.71. The van der Waals surface area contributed by atoms with Gasteiger partial charge in [-0.25, -0.2) is 0 Å². The predicted octanol–water partition coefficient (Wildman–Crippen LogP) is 2.50. The van der Waals surface area contributed by atoms with Crippen molar-refractivity contribution < 1.29 is 13.8 Å². The van der Waals surface area contributed by atoms with Gasteiger partial charge in [0.05, 0.1) is 11.4 Å². The maximum absolute atomic E-state index is 12.7. The van der Waals surface area contributed by atoms with Gasteiger partial charge in [0, 0.05) is 50.3 Å². The van der Waals surface area contributed by atoms with Crippen molar-refractivity contribution in [1.29, 1.82) is 0 Å². The first-order valence-electron chi connectivity index (χ1n) is 9.02. The molecule has 0 radical (unpaired) electrons. The fraction of sp³-hybridized carbons (Fsp3) is 0.611. The van der Waals surface area contributed by atoms with Crippen LogP contribution in [0.15, 0.2) is 15.1 Å². The molecule has 134 valence electrons. The number of rotatable bonds is 4. The minimum Gasteiger partial charge on any atom is -0.361 e. The van der Waals surface area contributed by atoms with Gasteiger partial charge in [-0.1, -0.05) is 10.3 Å². The summed E-state index contributed by atoms with van der Waals surface area (Å²) in [4.78, 5) is 16.9. The quantitative estimate of drug-likeness (QED) is 0.848. The predicted molar refractivity (Wildman–Crippen MR) is 90.3 cm³/mol. The molecule has 1 aliphatic heterocycles. The van der Waals surface area contributed by atoms with E-state index in [2.05, 4.69) is 15.2 Å². The number of aromatic nitrogens is 2. The lowest BCUT2D eigenvalue weighted by Crippen LogP contribution is -2.35. The molecule has 2 fully saturated rings. The number of carbonyl (C=O) groups is 1. The first-order valence-corrected chi connectivity index (χ1v) is 9.02. The number of hydrogen-bond donors (Lipinski definition) is 0. The summed E-state index contributed by atoms with van der Waals surface area (Å²) in [5, 5.41) is 8.08. The van der Waals surface area contributed by atoms with Crippen molar-refractivity contribution in [3.63, 3.8) is 0 Å². The van der Waals surface area contributed by atoms with Gasteiger partial charge in [-0.2, -0.15) is 0 Å². The highest BCUT2D eigenvalue weighted by Gasteiger charge is 2.30. The topological polar surface area (TPSA) is 75.6 Å². The van der Waals surface area contributed by atoms with E-state index in [1.807, 2.05) is 24.8 Å². The zero-order valence-electron chi connectivity index (χ0n) is 14.8. The van der Waals surface area contributed by atoms with Crippen molar-refractivity contribution in [3.8, 4) is 0 Å². The molecule has 0 spiro atoms. The summed E-state index contributed by atoms with van der Waals surface area (Å²) in [7, 11) is 0. The van der Waals surface area contributed by atoms with Crippen molar-refractivity contribution in [1.82, 2.24) is 20.1 Å². The number of hydrogen-bond acceptors (Lipinski definition) is 6. The molecule has 2 aromatic rings. The van der Waals surface area contributed by atoms with Gasteiger partial charge in [0.1, 0.15) is 5.76 Å². The van der Waals surface area contributed by atoms with Crippen LogP contribution in [0.2, 0.25) is 0 Å². The molecule has 0 unspecified atom stereocenters. The normalized spacial score (nSPS) is 19.2. The fourth-order valence-corrected chi connectivity index (χ4v) is 3.40. The maximum atomic E-state index is 12.7. The van der Waals surface area contributed by atoms with Crippen LogP contribution in [0.5, 0.6) is 0 Å². The van der Waals surface area contributed by atoms with Crippen LogP contribution in [-0.4, -0.2) is 52.2 Å². The van der Waals surface area contributed by atoms with Crippen LogP contribution in [0.3, 0.4) is 0 Å². The highest BCUT2D eigenvalue weighted by atomic mass is 16.5. The van der Waals surface area contributed by atoms with E-state index < -0.39 is 0 Å². The summed E-state index contributed by atoms with van der Waals surface area (Å²) in [5.41, 5.74) is 3.03. The summed E-state index contributed by atoms with van der Waals surface area (Å²) in [6.45, 7) is 7.97. The molecule has 0 aromatic carbocycles. The molecule has 0 atom stereocenters. The van der Waals surface area contributed by atoms with E-state index in [4.69, 9.17) is 9.05 Å². The second-order valence-electron chi connectivity index (χ2n) is 7.11. The Morgan fingerprint density at radius 2 is 2.00 bits per heavy atom. The van der Waals surface area contributed by atoms with Gasteiger partial charge >= 0.3 is 0 Å². The highest BCUT2D eigenvalue weighted by Crippen LogP contribution is 2.39. The molecule has 1 saturated heterocycles. The van der Waals surface area contributed by atoms with Crippen LogP contribution >= 0.6 is 0 Å². The van der Waals surface area contributed by atoms with E-state index in [0.29, 0.717) is 18.2 Å². The smallest absolute Gasteiger partial charge is 0.292 e. The lowest BCUT2D eigenvalue weighted by atomic mass is 10.2. The summed E-state index contributed by atoms with van der Waals surface area (Å²) in [6, 6.07) is 1.83. The molecule has 3 heterocycles. The Morgan fingerprint density at radius 3 is 2.72 bits per heavy atom. The number of carbonyl (C=O) groups excluding carboxylic acids is 1. The minimum atomic E-state index is -0.0430. The fourth-order valence-electron chi connectivity index (χ4n) is 3.40. The zero-order chi connectivity index (χ0) is 17.4. The molecule has 1 amide bonds. The van der Waals surface area contributed by atoms with Crippen LogP contribution in [-0.2, 0) is 6.54 Å². The average molecular weight is 344 g/mol. The van der Waals surface area contributed by atoms with E-state index in [1.165, 1.54) is 0 Å². The standard InChI is InChI=1S/C18H24N4O3/c1-12-15(13(2)24-19-12)11-21-6-3-7-22(9-8-21)18(23)17-10-16(20-25-17)14-4-5-14/h10,14H,3-9,11H2,1-2H3. The zero-order valence-corrected chi connectivity index (χ0v) is 14.8. The second kappa shape index (κ2) is 6.63. The third-order valence-electron chi connectivity index (χ3n) is 5.17. The molecular formula is C18H24N4O3. The van der Waals surface area contributed by atoms with Gasteiger partial charge in [0.25, 0.3) is 5.91 Å². The average Bonchev–Trinajstić information content (AvgIpc) is 3.32. The van der Waals surface area contributed by atoms with Crippen molar-refractivity contribution in [2.24, 2.45) is 0 Å². The summed E-state index contributed by atoms with van der Waals surface area (Å²) < 4.78 is 10.5. The Bertz CT molecular complexity index is 743. The molecule has 2 aliphatic rings. The van der Waals surface area contributed by atoms with E-state index >= 15 is 0 Å². The molecule has 0 N–H and O–H groups in total. The molecule has 0 bridgehead atoms. The third kappa shape index (κ3) is 3.46. The van der Waals surface area contributed by atoms with E-state index in [9.17, 15) is 4.79 Å². The van der Waals surface area contributed by atoms with Gasteiger partial charge < -0.3 is 13.9 Å². The Labute approximate surface area is 146 Å². The Balaban J connectivity index is 1.37.